The summed E-state index contributed by atoms with van der Waals surface area (Å²) in [5, 5.41) is 14.2. The van der Waals surface area contributed by atoms with Crippen molar-refractivity contribution in [2.24, 2.45) is 11.8 Å². The van der Waals surface area contributed by atoms with Gasteiger partial charge in [0.15, 0.2) is 0 Å². The zero-order chi connectivity index (χ0) is 25.8. The molecule has 3 amide bonds. The second-order valence-electron chi connectivity index (χ2n) is 9.10. The first-order valence-electron chi connectivity index (χ1n) is 11.6. The zero-order valence-corrected chi connectivity index (χ0v) is 19.9. The Balaban J connectivity index is 1.41. The number of para-hydroxylation sites is 1. The van der Waals surface area contributed by atoms with Crippen LogP contribution in [0.5, 0.6) is 0 Å². The van der Waals surface area contributed by atoms with Crippen molar-refractivity contribution in [3.8, 4) is 0 Å². The van der Waals surface area contributed by atoms with Crippen molar-refractivity contribution in [1.29, 1.82) is 0 Å². The van der Waals surface area contributed by atoms with E-state index in [1.54, 1.807) is 24.3 Å². The molecule has 0 aliphatic carbocycles. The monoisotopic (exact) mass is 514 g/mol. The van der Waals surface area contributed by atoms with Gasteiger partial charge in [0.05, 0.1) is 28.5 Å². The third-order valence-corrected chi connectivity index (χ3v) is 7.33. The van der Waals surface area contributed by atoms with Crippen LogP contribution in [0.3, 0.4) is 0 Å². The van der Waals surface area contributed by atoms with E-state index in [2.05, 4.69) is 5.32 Å². The Kier molecular flexibility index (Phi) is 5.31. The molecule has 0 radical (unpaired) electrons. The molecular weight excluding hydrogens is 496 g/mol. The predicted molar refractivity (Wildman–Crippen MR) is 138 cm³/mol. The first-order chi connectivity index (χ1) is 17.8. The van der Waals surface area contributed by atoms with Gasteiger partial charge >= 0.3 is 0 Å². The van der Waals surface area contributed by atoms with Crippen LogP contribution in [0, 0.1) is 22.0 Å². The van der Waals surface area contributed by atoms with Gasteiger partial charge in [0.25, 0.3) is 5.69 Å². The number of nitrogens with zero attached hydrogens (tertiary/aromatic N) is 3. The van der Waals surface area contributed by atoms with Gasteiger partial charge < -0.3 is 10.2 Å². The van der Waals surface area contributed by atoms with Crippen molar-refractivity contribution in [3.63, 3.8) is 0 Å². The highest BCUT2D eigenvalue weighted by molar-refractivity contribution is 6.31. The van der Waals surface area contributed by atoms with Crippen molar-refractivity contribution in [1.82, 2.24) is 0 Å². The van der Waals surface area contributed by atoms with Crippen molar-refractivity contribution < 1.29 is 19.3 Å². The molecule has 0 unspecified atom stereocenters. The molecule has 3 aliphatic rings. The molecule has 0 bridgehead atoms. The lowest BCUT2D eigenvalue weighted by molar-refractivity contribution is -0.384. The maximum absolute atomic E-state index is 13.8. The topological polar surface area (TPSA) is 113 Å². The summed E-state index contributed by atoms with van der Waals surface area (Å²) >= 11 is 6.13. The minimum absolute atomic E-state index is 0.109. The van der Waals surface area contributed by atoms with E-state index in [1.165, 1.54) is 24.3 Å². The molecule has 2 saturated heterocycles. The van der Waals surface area contributed by atoms with E-state index in [1.807, 2.05) is 41.3 Å². The van der Waals surface area contributed by atoms with Crippen molar-refractivity contribution in [2.45, 2.75) is 12.1 Å². The number of hydrogen-bond acceptors (Lipinski definition) is 6. The number of hydrogen-bond donors (Lipinski definition) is 1. The fourth-order valence-corrected chi connectivity index (χ4v) is 5.75. The smallest absolute Gasteiger partial charge is 0.269 e. The minimum atomic E-state index is -0.989. The Labute approximate surface area is 216 Å². The number of nitrogens with one attached hydrogen (secondary N) is 1. The Bertz CT molecular complexity index is 1500. The number of halogens is 1. The van der Waals surface area contributed by atoms with Gasteiger partial charge in [0.2, 0.25) is 17.7 Å². The molecule has 3 aromatic carbocycles. The SMILES string of the molecule is O=C(Nc1ccc([N+](=O)[O-])cc1)[C@@H]1[C@@H]2C(=O)N(c3cccc(Cl)c3)C(=O)[C@@H]2[C@@H]2C=Cc3ccccc3N12. The second kappa shape index (κ2) is 8.56. The molecule has 2 fully saturated rings. The normalized spacial score (nSPS) is 23.5. The summed E-state index contributed by atoms with van der Waals surface area (Å²) in [5.41, 5.74) is 2.22. The molecule has 0 saturated carbocycles. The molecule has 1 N–H and O–H groups in total. The molecule has 3 aliphatic heterocycles. The number of benzene rings is 3. The Morgan fingerprint density at radius 1 is 0.946 bits per heavy atom. The standard InChI is InChI=1S/C27H19ClN4O5/c28-16-5-3-6-19(14-16)30-26(34)22-21-13-8-15-4-1-2-7-20(15)31(21)24(23(22)27(30)35)25(33)29-17-9-11-18(12-10-17)32(36)37/h1-14,21-24H,(H,29,33)/t21-,22+,23+,24-/m0/s1. The van der Waals surface area contributed by atoms with Crippen LogP contribution < -0.4 is 15.1 Å². The third-order valence-electron chi connectivity index (χ3n) is 7.10. The average Bonchev–Trinajstić information content (AvgIpc) is 3.37. The molecule has 6 rings (SSSR count). The summed E-state index contributed by atoms with van der Waals surface area (Å²) in [5.74, 6) is -3.05. The molecular formula is C27H19ClN4O5. The van der Waals surface area contributed by atoms with Crippen LogP contribution in [-0.4, -0.2) is 34.7 Å². The minimum Gasteiger partial charge on any atom is -0.351 e. The van der Waals surface area contributed by atoms with Crippen LogP contribution in [0.15, 0.2) is 78.9 Å². The number of anilines is 3. The number of amides is 3. The number of carbonyl (C=O) groups excluding carboxylic acids is 3. The maximum atomic E-state index is 13.8. The van der Waals surface area contributed by atoms with Gasteiger partial charge in [0.1, 0.15) is 6.04 Å². The highest BCUT2D eigenvalue weighted by Gasteiger charge is 2.64. The highest BCUT2D eigenvalue weighted by atomic mass is 35.5. The van der Waals surface area contributed by atoms with Crippen molar-refractivity contribution in [3.05, 3.63) is 99.6 Å². The number of nitro groups is 1. The van der Waals surface area contributed by atoms with Crippen molar-refractivity contribution >= 4 is 58.1 Å². The highest BCUT2D eigenvalue weighted by Crippen LogP contribution is 2.49. The van der Waals surface area contributed by atoms with Crippen LogP contribution in [0.2, 0.25) is 5.02 Å². The Morgan fingerprint density at radius 3 is 2.41 bits per heavy atom. The maximum Gasteiger partial charge on any atom is 0.269 e. The predicted octanol–water partition coefficient (Wildman–Crippen LogP) is 4.28. The molecule has 3 heterocycles. The van der Waals surface area contributed by atoms with Gasteiger partial charge in [-0.2, -0.15) is 0 Å². The summed E-state index contributed by atoms with van der Waals surface area (Å²) in [6.07, 6.45) is 3.77. The molecule has 10 heteroatoms. The summed E-state index contributed by atoms with van der Waals surface area (Å²) in [7, 11) is 0. The molecule has 0 spiro atoms. The van der Waals surface area contributed by atoms with Crippen LogP contribution in [0.4, 0.5) is 22.7 Å². The zero-order valence-electron chi connectivity index (χ0n) is 19.2. The van der Waals surface area contributed by atoms with Crippen LogP contribution in [0.25, 0.3) is 6.08 Å². The summed E-state index contributed by atoms with van der Waals surface area (Å²) in [4.78, 5) is 54.7. The molecule has 3 aromatic rings. The first-order valence-corrected chi connectivity index (χ1v) is 12.0. The van der Waals surface area contributed by atoms with Gasteiger partial charge in [-0.3, -0.25) is 24.5 Å². The van der Waals surface area contributed by atoms with E-state index < -0.39 is 40.7 Å². The summed E-state index contributed by atoms with van der Waals surface area (Å²) in [6, 6.07) is 17.9. The lowest BCUT2D eigenvalue weighted by Gasteiger charge is -2.36. The number of imide groups is 1. The van der Waals surface area contributed by atoms with E-state index >= 15 is 0 Å². The second-order valence-corrected chi connectivity index (χ2v) is 9.53. The average molecular weight is 515 g/mol. The fourth-order valence-electron chi connectivity index (χ4n) is 5.57. The number of carbonyl (C=O) groups is 3. The van der Waals surface area contributed by atoms with E-state index in [-0.39, 0.29) is 11.6 Å². The number of fused-ring (bicyclic) bond motifs is 5. The third kappa shape index (κ3) is 3.58. The van der Waals surface area contributed by atoms with Crippen LogP contribution in [-0.2, 0) is 14.4 Å². The molecule has 184 valence electrons. The van der Waals surface area contributed by atoms with Gasteiger partial charge in [-0.1, -0.05) is 48.0 Å². The quantitative estimate of drug-likeness (QED) is 0.316. The largest absolute Gasteiger partial charge is 0.351 e. The van der Waals surface area contributed by atoms with Crippen LogP contribution >= 0.6 is 11.6 Å². The lowest BCUT2D eigenvalue weighted by Crippen LogP contribution is -2.50. The fraction of sp³-hybridized carbons (Fsp3) is 0.148. The molecule has 0 aromatic heterocycles. The lowest BCUT2D eigenvalue weighted by atomic mass is 9.88. The molecule has 37 heavy (non-hydrogen) atoms. The number of non-ortho nitro benzene ring substituents is 1. The summed E-state index contributed by atoms with van der Waals surface area (Å²) in [6.45, 7) is 0. The number of rotatable bonds is 4. The van der Waals surface area contributed by atoms with Crippen molar-refractivity contribution in [2.75, 3.05) is 15.1 Å². The Morgan fingerprint density at radius 2 is 1.68 bits per heavy atom. The van der Waals surface area contributed by atoms with Gasteiger partial charge in [-0.05, 0) is 42.0 Å². The number of nitro benzene ring substituents is 1. The van der Waals surface area contributed by atoms with E-state index in [4.69, 9.17) is 11.6 Å². The van der Waals surface area contributed by atoms with E-state index in [0.717, 1.165) is 16.2 Å². The molecule has 9 nitrogen and oxygen atoms in total. The van der Waals surface area contributed by atoms with E-state index in [0.29, 0.717) is 16.4 Å². The Hall–Kier alpha value is -4.50. The van der Waals surface area contributed by atoms with Crippen LogP contribution in [0.1, 0.15) is 5.56 Å². The molecule has 4 atom stereocenters. The van der Waals surface area contributed by atoms with Gasteiger partial charge in [-0.15, -0.1) is 0 Å². The first kappa shape index (κ1) is 22.9. The van der Waals surface area contributed by atoms with Gasteiger partial charge in [0, 0.05) is 28.5 Å². The van der Waals surface area contributed by atoms with E-state index in [9.17, 15) is 24.5 Å². The van der Waals surface area contributed by atoms with Gasteiger partial charge in [-0.25, -0.2) is 4.90 Å². The summed E-state index contributed by atoms with van der Waals surface area (Å²) < 4.78 is 0.